The molecule has 1 aliphatic rings. The molecule has 0 aromatic carbocycles. The Morgan fingerprint density at radius 1 is 1.53 bits per heavy atom. The van der Waals surface area contributed by atoms with E-state index in [1.165, 1.54) is 6.33 Å². The molecule has 0 radical (unpaired) electrons. The highest BCUT2D eigenvalue weighted by atomic mass is 16.6. The minimum absolute atomic E-state index is 0.0863. The highest BCUT2D eigenvalue weighted by Crippen LogP contribution is 2.38. The molecular weight excluding hydrogens is 222 g/mol. The van der Waals surface area contributed by atoms with Gasteiger partial charge in [0, 0.05) is 13.1 Å². The number of nitrogens with zero attached hydrogens (tertiary/aromatic N) is 3. The molecule has 0 spiro atoms. The van der Waals surface area contributed by atoms with Gasteiger partial charge in [0.05, 0.1) is 4.92 Å². The second-order valence-electron chi connectivity index (χ2n) is 4.08. The van der Waals surface area contributed by atoms with Gasteiger partial charge in [-0.3, -0.25) is 10.1 Å². The van der Waals surface area contributed by atoms with Gasteiger partial charge in [0.2, 0.25) is 11.6 Å². The summed E-state index contributed by atoms with van der Waals surface area (Å²) in [7, 11) is 1.60. The minimum atomic E-state index is -0.461. The van der Waals surface area contributed by atoms with Crippen LogP contribution in [0, 0.1) is 16.0 Å². The molecule has 1 aromatic rings. The molecule has 17 heavy (non-hydrogen) atoms. The lowest BCUT2D eigenvalue weighted by molar-refractivity contribution is -0.383. The maximum absolute atomic E-state index is 11.0. The fourth-order valence-corrected chi connectivity index (χ4v) is 1.89. The summed E-state index contributed by atoms with van der Waals surface area (Å²) in [5, 5.41) is 16.8. The smallest absolute Gasteiger partial charge is 0.353 e. The first kappa shape index (κ1) is 11.6. The molecule has 2 N–H and O–H groups in total. The van der Waals surface area contributed by atoms with E-state index in [4.69, 9.17) is 0 Å². The molecule has 1 aromatic heterocycles. The molecule has 0 bridgehead atoms. The van der Waals surface area contributed by atoms with Crippen molar-refractivity contribution >= 4 is 17.3 Å². The molecule has 92 valence electrons. The third-order valence-electron chi connectivity index (χ3n) is 3.01. The van der Waals surface area contributed by atoms with Crippen LogP contribution in [0.2, 0.25) is 0 Å². The van der Waals surface area contributed by atoms with Gasteiger partial charge in [0.25, 0.3) is 0 Å². The minimum Gasteiger partial charge on any atom is -0.367 e. The normalized spacial score (nSPS) is 22.0. The number of rotatable bonds is 5. The van der Waals surface area contributed by atoms with E-state index in [1.807, 2.05) is 0 Å². The van der Waals surface area contributed by atoms with E-state index in [2.05, 4.69) is 27.5 Å². The summed E-state index contributed by atoms with van der Waals surface area (Å²) >= 11 is 0. The van der Waals surface area contributed by atoms with Gasteiger partial charge in [0.1, 0.15) is 6.33 Å². The van der Waals surface area contributed by atoms with Crippen molar-refractivity contribution in [3.8, 4) is 0 Å². The van der Waals surface area contributed by atoms with Crippen molar-refractivity contribution < 1.29 is 4.92 Å². The molecule has 7 nitrogen and oxygen atoms in total. The fourth-order valence-electron chi connectivity index (χ4n) is 1.89. The molecule has 2 unspecified atom stereocenters. The molecule has 1 aliphatic carbocycles. The summed E-state index contributed by atoms with van der Waals surface area (Å²) < 4.78 is 0. The average Bonchev–Trinajstić information content (AvgIpc) is 3.06. The Hall–Kier alpha value is -1.92. The van der Waals surface area contributed by atoms with Gasteiger partial charge >= 0.3 is 5.69 Å². The number of hydrogen-bond acceptors (Lipinski definition) is 6. The zero-order valence-electron chi connectivity index (χ0n) is 9.80. The van der Waals surface area contributed by atoms with Crippen molar-refractivity contribution in [3.63, 3.8) is 0 Å². The number of aromatic nitrogens is 2. The fraction of sp³-hybridized carbons (Fsp3) is 0.600. The Kier molecular flexibility index (Phi) is 3.08. The molecule has 1 saturated carbocycles. The summed E-state index contributed by atoms with van der Waals surface area (Å²) in [4.78, 5) is 18.3. The van der Waals surface area contributed by atoms with Crippen molar-refractivity contribution in [1.82, 2.24) is 9.97 Å². The van der Waals surface area contributed by atoms with E-state index >= 15 is 0 Å². The lowest BCUT2D eigenvalue weighted by atomic mass is 10.3. The standard InChI is InChI=1S/C10H15N5O2/c1-3-6-4-7(6)14-10-8(15(16)17)9(11-2)12-5-13-10/h5-7H,3-4H2,1-2H3,(H2,11,12,13,14). The maximum atomic E-state index is 11.0. The topological polar surface area (TPSA) is 93.0 Å². The molecule has 1 heterocycles. The Balaban J connectivity index is 2.24. The van der Waals surface area contributed by atoms with E-state index in [0.717, 1.165) is 12.8 Å². The van der Waals surface area contributed by atoms with E-state index in [-0.39, 0.29) is 11.5 Å². The second-order valence-corrected chi connectivity index (χ2v) is 4.08. The largest absolute Gasteiger partial charge is 0.367 e. The molecular formula is C10H15N5O2. The van der Waals surface area contributed by atoms with Crippen molar-refractivity contribution in [1.29, 1.82) is 0 Å². The summed E-state index contributed by atoms with van der Waals surface area (Å²) in [5.41, 5.74) is -0.0863. The van der Waals surface area contributed by atoms with Crippen LogP contribution >= 0.6 is 0 Å². The van der Waals surface area contributed by atoms with Crippen molar-refractivity contribution in [2.24, 2.45) is 5.92 Å². The predicted molar refractivity (Wildman–Crippen MR) is 64.0 cm³/mol. The van der Waals surface area contributed by atoms with Crippen LogP contribution in [0.25, 0.3) is 0 Å². The monoisotopic (exact) mass is 237 g/mol. The first-order valence-corrected chi connectivity index (χ1v) is 5.61. The van der Waals surface area contributed by atoms with Crippen molar-refractivity contribution in [2.45, 2.75) is 25.8 Å². The number of nitro groups is 1. The first-order valence-electron chi connectivity index (χ1n) is 5.61. The lowest BCUT2D eigenvalue weighted by Crippen LogP contribution is -2.10. The van der Waals surface area contributed by atoms with Crippen LogP contribution in [-0.2, 0) is 0 Å². The lowest BCUT2D eigenvalue weighted by Gasteiger charge is -2.07. The Bertz CT molecular complexity index is 437. The highest BCUT2D eigenvalue weighted by molar-refractivity contribution is 5.69. The third kappa shape index (κ3) is 2.27. The van der Waals surface area contributed by atoms with E-state index in [0.29, 0.717) is 17.8 Å². The molecule has 7 heteroatoms. The van der Waals surface area contributed by atoms with Gasteiger partial charge in [-0.05, 0) is 12.3 Å². The molecule has 0 saturated heterocycles. The molecule has 2 rings (SSSR count). The SMILES string of the molecule is CCC1CC1Nc1ncnc(NC)c1[N+](=O)[O-]. The Morgan fingerprint density at radius 3 is 2.76 bits per heavy atom. The summed E-state index contributed by atoms with van der Waals surface area (Å²) in [6.45, 7) is 2.11. The summed E-state index contributed by atoms with van der Waals surface area (Å²) in [6, 6.07) is 0.304. The van der Waals surface area contributed by atoms with E-state index < -0.39 is 4.92 Å². The molecule has 0 aliphatic heterocycles. The van der Waals surface area contributed by atoms with Gasteiger partial charge in [-0.1, -0.05) is 13.3 Å². The number of hydrogen-bond donors (Lipinski definition) is 2. The van der Waals surface area contributed by atoms with Gasteiger partial charge < -0.3 is 10.6 Å². The van der Waals surface area contributed by atoms with Gasteiger partial charge in [-0.2, -0.15) is 0 Å². The van der Waals surface area contributed by atoms with Crippen LogP contribution in [0.15, 0.2) is 6.33 Å². The van der Waals surface area contributed by atoms with Crippen LogP contribution in [0.5, 0.6) is 0 Å². The van der Waals surface area contributed by atoms with Crippen molar-refractivity contribution in [3.05, 3.63) is 16.4 Å². The highest BCUT2D eigenvalue weighted by Gasteiger charge is 2.37. The summed E-state index contributed by atoms with van der Waals surface area (Å²) in [5.74, 6) is 1.14. The molecule has 1 fully saturated rings. The zero-order valence-corrected chi connectivity index (χ0v) is 9.80. The first-order chi connectivity index (χ1) is 8.17. The van der Waals surface area contributed by atoms with Crippen LogP contribution in [0.4, 0.5) is 17.3 Å². The van der Waals surface area contributed by atoms with Crippen LogP contribution in [-0.4, -0.2) is 28.0 Å². The zero-order chi connectivity index (χ0) is 12.4. The Morgan fingerprint density at radius 2 is 2.24 bits per heavy atom. The number of anilines is 2. The summed E-state index contributed by atoms with van der Waals surface area (Å²) in [6.07, 6.45) is 3.45. The van der Waals surface area contributed by atoms with Crippen LogP contribution in [0.1, 0.15) is 19.8 Å². The number of nitrogens with one attached hydrogen (secondary N) is 2. The molecule has 0 amide bonds. The van der Waals surface area contributed by atoms with Crippen LogP contribution < -0.4 is 10.6 Å². The van der Waals surface area contributed by atoms with Gasteiger partial charge in [0.15, 0.2) is 0 Å². The van der Waals surface area contributed by atoms with Crippen molar-refractivity contribution in [2.75, 3.05) is 17.7 Å². The van der Waals surface area contributed by atoms with Gasteiger partial charge in [-0.15, -0.1) is 0 Å². The van der Waals surface area contributed by atoms with Gasteiger partial charge in [-0.25, -0.2) is 9.97 Å². The maximum Gasteiger partial charge on any atom is 0.353 e. The van der Waals surface area contributed by atoms with Crippen LogP contribution in [0.3, 0.4) is 0 Å². The Labute approximate surface area is 98.8 Å². The predicted octanol–water partition coefficient (Wildman–Crippen LogP) is 1.64. The second kappa shape index (κ2) is 4.52. The average molecular weight is 237 g/mol. The third-order valence-corrected chi connectivity index (χ3v) is 3.01. The van der Waals surface area contributed by atoms with E-state index in [9.17, 15) is 10.1 Å². The van der Waals surface area contributed by atoms with E-state index in [1.54, 1.807) is 7.05 Å². The molecule has 2 atom stereocenters. The quantitative estimate of drug-likeness (QED) is 0.597.